The fourth-order valence-electron chi connectivity index (χ4n) is 2.08. The normalized spacial score (nSPS) is 20.8. The number of fused-ring (bicyclic) bond motifs is 1. The molecule has 0 aromatic heterocycles. The molecule has 1 saturated carbocycles. The Balaban J connectivity index is 1.91. The summed E-state index contributed by atoms with van der Waals surface area (Å²) >= 11 is 0. The molecule has 3 nitrogen and oxygen atoms in total. The minimum atomic E-state index is -0.244. The molecule has 1 aliphatic heterocycles. The molecule has 1 aliphatic carbocycles. The van der Waals surface area contributed by atoms with Gasteiger partial charge in [0.25, 0.3) is 0 Å². The van der Waals surface area contributed by atoms with Gasteiger partial charge in [0.1, 0.15) is 5.82 Å². The number of ether oxygens (including phenoxy) is 2. The van der Waals surface area contributed by atoms with Crippen LogP contribution in [0.15, 0.2) is 12.1 Å². The Morgan fingerprint density at radius 2 is 1.82 bits per heavy atom. The molecule has 2 aliphatic rings. The van der Waals surface area contributed by atoms with E-state index in [1.807, 2.05) is 0 Å². The van der Waals surface area contributed by atoms with E-state index < -0.39 is 0 Å². The van der Waals surface area contributed by atoms with Crippen molar-refractivity contribution in [3.8, 4) is 11.5 Å². The molecule has 92 valence electrons. The third-order valence-corrected chi connectivity index (χ3v) is 3.35. The van der Waals surface area contributed by atoms with Crippen molar-refractivity contribution in [1.82, 2.24) is 0 Å². The second kappa shape index (κ2) is 3.88. The van der Waals surface area contributed by atoms with Gasteiger partial charge in [0, 0.05) is 18.0 Å². The highest BCUT2D eigenvalue weighted by molar-refractivity contribution is 5.45. The summed E-state index contributed by atoms with van der Waals surface area (Å²) < 4.78 is 24.9. The summed E-state index contributed by atoms with van der Waals surface area (Å²) in [6, 6.07) is 3.16. The lowest BCUT2D eigenvalue weighted by Gasteiger charge is -2.13. The van der Waals surface area contributed by atoms with E-state index in [0.29, 0.717) is 36.7 Å². The van der Waals surface area contributed by atoms with Gasteiger partial charge in [0.15, 0.2) is 11.5 Å². The highest BCUT2D eigenvalue weighted by Gasteiger charge is 2.39. The van der Waals surface area contributed by atoms with E-state index in [1.54, 1.807) is 6.07 Å². The average molecular weight is 237 g/mol. The van der Waals surface area contributed by atoms with Gasteiger partial charge in [-0.15, -0.1) is 0 Å². The molecule has 0 unspecified atom stereocenters. The summed E-state index contributed by atoms with van der Waals surface area (Å²) in [6.07, 6.45) is 3.35. The zero-order valence-corrected chi connectivity index (χ0v) is 9.67. The molecule has 0 radical (unpaired) electrons. The predicted molar refractivity (Wildman–Crippen MR) is 61.9 cm³/mol. The van der Waals surface area contributed by atoms with Gasteiger partial charge in [0.2, 0.25) is 0 Å². The van der Waals surface area contributed by atoms with E-state index in [2.05, 4.69) is 0 Å². The van der Waals surface area contributed by atoms with Crippen molar-refractivity contribution >= 4 is 0 Å². The van der Waals surface area contributed by atoms with Gasteiger partial charge >= 0.3 is 0 Å². The quantitative estimate of drug-likeness (QED) is 0.855. The van der Waals surface area contributed by atoms with Crippen LogP contribution in [-0.4, -0.2) is 18.8 Å². The summed E-state index contributed by atoms with van der Waals surface area (Å²) in [5.74, 6) is 0.903. The van der Waals surface area contributed by atoms with E-state index in [-0.39, 0.29) is 11.4 Å². The van der Waals surface area contributed by atoms with Crippen molar-refractivity contribution in [2.75, 3.05) is 13.2 Å². The first-order chi connectivity index (χ1) is 8.16. The van der Waals surface area contributed by atoms with Crippen molar-refractivity contribution in [2.24, 2.45) is 5.73 Å². The van der Waals surface area contributed by atoms with Gasteiger partial charge in [-0.2, -0.15) is 0 Å². The number of hydrogen-bond acceptors (Lipinski definition) is 3. The Kier molecular flexibility index (Phi) is 2.47. The van der Waals surface area contributed by atoms with E-state index in [1.165, 1.54) is 6.07 Å². The maximum Gasteiger partial charge on any atom is 0.164 e. The molecule has 2 N–H and O–H groups in total. The zero-order chi connectivity index (χ0) is 11.9. The lowest BCUT2D eigenvalue weighted by Crippen LogP contribution is -2.25. The average Bonchev–Trinajstić information content (AvgIpc) is 3.04. The first kappa shape index (κ1) is 10.8. The fraction of sp³-hybridized carbons (Fsp3) is 0.538. The van der Waals surface area contributed by atoms with Crippen molar-refractivity contribution < 1.29 is 13.9 Å². The molecule has 0 saturated heterocycles. The smallest absolute Gasteiger partial charge is 0.164 e. The first-order valence-electron chi connectivity index (χ1n) is 6.03. The van der Waals surface area contributed by atoms with Crippen LogP contribution in [0.1, 0.15) is 24.8 Å². The van der Waals surface area contributed by atoms with Crippen LogP contribution in [-0.2, 0) is 6.42 Å². The third kappa shape index (κ3) is 2.22. The summed E-state index contributed by atoms with van der Waals surface area (Å²) in [7, 11) is 0. The number of hydrogen-bond donors (Lipinski definition) is 1. The molecule has 17 heavy (non-hydrogen) atoms. The monoisotopic (exact) mass is 237 g/mol. The number of rotatable bonds is 2. The fourth-order valence-corrected chi connectivity index (χ4v) is 2.08. The van der Waals surface area contributed by atoms with E-state index in [0.717, 1.165) is 19.3 Å². The Morgan fingerprint density at radius 1 is 1.18 bits per heavy atom. The topological polar surface area (TPSA) is 44.5 Å². The van der Waals surface area contributed by atoms with Crippen LogP contribution in [0.2, 0.25) is 0 Å². The summed E-state index contributed by atoms with van der Waals surface area (Å²) in [5, 5.41) is 0. The summed E-state index contributed by atoms with van der Waals surface area (Å²) in [5.41, 5.74) is 6.46. The minimum absolute atomic E-state index is 0.194. The Labute approximate surface area is 99.7 Å². The van der Waals surface area contributed by atoms with Gasteiger partial charge in [-0.25, -0.2) is 4.39 Å². The largest absolute Gasteiger partial charge is 0.490 e. The molecule has 4 heteroatoms. The second-order valence-electron chi connectivity index (χ2n) is 4.98. The highest BCUT2D eigenvalue weighted by atomic mass is 19.1. The van der Waals surface area contributed by atoms with Gasteiger partial charge in [-0.1, -0.05) is 0 Å². The second-order valence-corrected chi connectivity index (χ2v) is 4.98. The Morgan fingerprint density at radius 3 is 2.47 bits per heavy atom. The molecule has 0 atom stereocenters. The molecule has 1 aromatic carbocycles. The van der Waals surface area contributed by atoms with Gasteiger partial charge < -0.3 is 15.2 Å². The Hall–Kier alpha value is -1.29. The molecular weight excluding hydrogens is 221 g/mol. The molecular formula is C13H16FNO2. The molecule has 0 spiro atoms. The third-order valence-electron chi connectivity index (χ3n) is 3.35. The number of nitrogens with two attached hydrogens (primary N) is 1. The van der Waals surface area contributed by atoms with Crippen LogP contribution in [0, 0.1) is 5.82 Å². The van der Waals surface area contributed by atoms with Gasteiger partial charge in [0.05, 0.1) is 13.2 Å². The van der Waals surface area contributed by atoms with Crippen LogP contribution in [0.25, 0.3) is 0 Å². The molecule has 1 aromatic rings. The molecule has 3 rings (SSSR count). The van der Waals surface area contributed by atoms with E-state index in [4.69, 9.17) is 15.2 Å². The molecule has 1 heterocycles. The minimum Gasteiger partial charge on any atom is -0.490 e. The maximum atomic E-state index is 13.9. The summed E-state index contributed by atoms with van der Waals surface area (Å²) in [4.78, 5) is 0. The van der Waals surface area contributed by atoms with Crippen LogP contribution in [0.4, 0.5) is 4.39 Å². The standard InChI is InChI=1S/C13H16FNO2/c14-10-7-12-11(16-4-1-5-17-12)6-9(10)8-13(15)2-3-13/h6-7H,1-5,8,15H2. The molecule has 0 amide bonds. The Bertz CT molecular complexity index is 443. The van der Waals surface area contributed by atoms with Crippen molar-refractivity contribution in [3.05, 3.63) is 23.5 Å². The van der Waals surface area contributed by atoms with Crippen molar-refractivity contribution in [1.29, 1.82) is 0 Å². The van der Waals surface area contributed by atoms with Crippen LogP contribution >= 0.6 is 0 Å². The van der Waals surface area contributed by atoms with Crippen LogP contribution in [0.3, 0.4) is 0 Å². The number of benzene rings is 1. The van der Waals surface area contributed by atoms with E-state index in [9.17, 15) is 4.39 Å². The first-order valence-corrected chi connectivity index (χ1v) is 6.03. The number of halogens is 1. The van der Waals surface area contributed by atoms with Gasteiger partial charge in [-0.3, -0.25) is 0 Å². The summed E-state index contributed by atoms with van der Waals surface area (Å²) in [6.45, 7) is 1.19. The van der Waals surface area contributed by atoms with Gasteiger partial charge in [-0.05, 0) is 30.9 Å². The van der Waals surface area contributed by atoms with E-state index >= 15 is 0 Å². The van der Waals surface area contributed by atoms with Crippen LogP contribution < -0.4 is 15.2 Å². The molecule has 1 fully saturated rings. The van der Waals surface area contributed by atoms with Crippen LogP contribution in [0.5, 0.6) is 11.5 Å². The SMILES string of the molecule is NC1(Cc2cc3c(cc2F)OCCCO3)CC1. The predicted octanol–water partition coefficient (Wildman–Crippen LogP) is 2.02. The van der Waals surface area contributed by atoms with Crippen molar-refractivity contribution in [2.45, 2.75) is 31.2 Å². The maximum absolute atomic E-state index is 13.9. The lowest BCUT2D eigenvalue weighted by molar-refractivity contribution is 0.296. The highest BCUT2D eigenvalue weighted by Crippen LogP contribution is 2.39. The lowest BCUT2D eigenvalue weighted by atomic mass is 10.0. The zero-order valence-electron chi connectivity index (χ0n) is 9.67. The van der Waals surface area contributed by atoms with Crippen molar-refractivity contribution in [3.63, 3.8) is 0 Å². The molecule has 0 bridgehead atoms.